The molecule has 0 amide bonds. The van der Waals surface area contributed by atoms with Gasteiger partial charge in [-0.25, -0.2) is 0 Å². The molecule has 0 aromatic carbocycles. The fourth-order valence-electron chi connectivity index (χ4n) is 4.16. The van der Waals surface area contributed by atoms with Crippen molar-refractivity contribution in [2.45, 2.75) is 71.5 Å². The van der Waals surface area contributed by atoms with Crippen molar-refractivity contribution in [1.29, 1.82) is 0 Å². The normalized spacial score (nSPS) is 36.0. The van der Waals surface area contributed by atoms with Gasteiger partial charge in [-0.2, -0.15) is 0 Å². The number of ether oxygens (including phenoxy) is 1. The minimum atomic E-state index is -0.661. The topological polar surface area (TPSA) is 46.5 Å². The highest BCUT2D eigenvalue weighted by Gasteiger charge is 2.47. The van der Waals surface area contributed by atoms with Crippen LogP contribution in [0.5, 0.6) is 0 Å². The van der Waals surface area contributed by atoms with Crippen LogP contribution in [0.4, 0.5) is 0 Å². The monoisotopic (exact) mass is 282 g/mol. The first-order valence-electron chi connectivity index (χ1n) is 8.16. The van der Waals surface area contributed by atoms with Crippen LogP contribution < -0.4 is 0 Å². The van der Waals surface area contributed by atoms with E-state index in [1.165, 1.54) is 0 Å². The summed E-state index contributed by atoms with van der Waals surface area (Å²) < 4.78 is 5.96. The summed E-state index contributed by atoms with van der Waals surface area (Å²) >= 11 is 0. The summed E-state index contributed by atoms with van der Waals surface area (Å²) in [7, 11) is 0. The second-order valence-electron chi connectivity index (χ2n) is 7.55. The van der Waals surface area contributed by atoms with Crippen molar-refractivity contribution in [2.24, 2.45) is 23.7 Å². The van der Waals surface area contributed by atoms with E-state index in [1.54, 1.807) is 0 Å². The van der Waals surface area contributed by atoms with Crippen molar-refractivity contribution in [3.05, 3.63) is 0 Å². The van der Waals surface area contributed by atoms with E-state index in [2.05, 4.69) is 13.8 Å². The van der Waals surface area contributed by atoms with E-state index in [9.17, 15) is 9.90 Å². The maximum absolute atomic E-state index is 12.1. The van der Waals surface area contributed by atoms with Crippen molar-refractivity contribution in [1.82, 2.24) is 0 Å². The lowest BCUT2D eigenvalue weighted by Crippen LogP contribution is -2.37. The lowest BCUT2D eigenvalue weighted by atomic mass is 9.70. The van der Waals surface area contributed by atoms with Crippen LogP contribution in [0.25, 0.3) is 0 Å². The predicted molar refractivity (Wildman–Crippen MR) is 79.4 cm³/mol. The van der Waals surface area contributed by atoms with Gasteiger partial charge in [0.1, 0.15) is 5.78 Å². The number of Topliss-reactive ketones (excluding diaryl/α,β-unsaturated/α-hetero) is 1. The van der Waals surface area contributed by atoms with Gasteiger partial charge in [0, 0.05) is 18.9 Å². The summed E-state index contributed by atoms with van der Waals surface area (Å²) in [5.41, 5.74) is -0.661. The second kappa shape index (κ2) is 6.15. The van der Waals surface area contributed by atoms with Crippen molar-refractivity contribution in [2.75, 3.05) is 6.61 Å². The molecule has 0 heterocycles. The summed E-state index contributed by atoms with van der Waals surface area (Å²) in [6, 6.07) is 0. The van der Waals surface area contributed by atoms with E-state index >= 15 is 0 Å². The van der Waals surface area contributed by atoms with Crippen LogP contribution >= 0.6 is 0 Å². The minimum Gasteiger partial charge on any atom is -0.390 e. The van der Waals surface area contributed by atoms with Crippen molar-refractivity contribution >= 4 is 5.78 Å². The first kappa shape index (κ1) is 16.0. The average molecular weight is 282 g/mol. The van der Waals surface area contributed by atoms with Crippen LogP contribution in [-0.4, -0.2) is 29.2 Å². The summed E-state index contributed by atoms with van der Waals surface area (Å²) in [5, 5.41) is 9.74. The fourth-order valence-corrected chi connectivity index (χ4v) is 4.16. The summed E-state index contributed by atoms with van der Waals surface area (Å²) in [5.74, 6) is 2.46. The van der Waals surface area contributed by atoms with Gasteiger partial charge in [0.15, 0.2) is 0 Å². The standard InChI is InChI=1S/C17H30O3/c1-11-5-8-15(18)14-7-6-13(16(11)14)12(2)20-10-9-17(3,4)19/h11-14,16,19H,5-10H2,1-4H3/t11-,12+,13?,14?,16?/m0/s1. The van der Waals surface area contributed by atoms with Crippen LogP contribution in [0, 0.1) is 23.7 Å². The Morgan fingerprint density at radius 2 is 2.05 bits per heavy atom. The van der Waals surface area contributed by atoms with E-state index in [1.807, 2.05) is 13.8 Å². The number of carbonyl (C=O) groups excluding carboxylic acids is 1. The summed E-state index contributed by atoms with van der Waals surface area (Å²) in [6.45, 7) is 8.67. The van der Waals surface area contributed by atoms with Gasteiger partial charge in [-0.3, -0.25) is 4.79 Å². The molecule has 3 nitrogen and oxygen atoms in total. The lowest BCUT2D eigenvalue weighted by molar-refractivity contribution is -0.128. The molecule has 0 saturated heterocycles. The van der Waals surface area contributed by atoms with Crippen LogP contribution in [0.1, 0.15) is 59.8 Å². The Morgan fingerprint density at radius 1 is 1.35 bits per heavy atom. The third-order valence-electron chi connectivity index (χ3n) is 5.38. The molecule has 2 saturated carbocycles. The molecule has 0 aliphatic heterocycles. The molecule has 20 heavy (non-hydrogen) atoms. The van der Waals surface area contributed by atoms with Crippen molar-refractivity contribution < 1.29 is 14.6 Å². The summed E-state index contributed by atoms with van der Waals surface area (Å²) in [6.07, 6.45) is 4.86. The number of ketones is 1. The van der Waals surface area contributed by atoms with E-state index in [-0.39, 0.29) is 6.10 Å². The molecule has 3 heteroatoms. The van der Waals surface area contributed by atoms with Crippen LogP contribution in [0.2, 0.25) is 0 Å². The van der Waals surface area contributed by atoms with Gasteiger partial charge >= 0.3 is 0 Å². The maximum Gasteiger partial charge on any atom is 0.136 e. The highest BCUT2D eigenvalue weighted by Crippen LogP contribution is 2.48. The van der Waals surface area contributed by atoms with E-state index < -0.39 is 5.60 Å². The molecule has 1 N–H and O–H groups in total. The van der Waals surface area contributed by atoms with Crippen LogP contribution in [0.15, 0.2) is 0 Å². The Morgan fingerprint density at radius 3 is 2.70 bits per heavy atom. The number of carbonyl (C=O) groups is 1. The highest BCUT2D eigenvalue weighted by molar-refractivity contribution is 5.82. The van der Waals surface area contributed by atoms with Gasteiger partial charge in [-0.1, -0.05) is 6.92 Å². The zero-order valence-corrected chi connectivity index (χ0v) is 13.4. The number of hydrogen-bond donors (Lipinski definition) is 1. The van der Waals surface area contributed by atoms with Gasteiger partial charge in [0.05, 0.1) is 11.7 Å². The Hall–Kier alpha value is -0.410. The van der Waals surface area contributed by atoms with Crippen molar-refractivity contribution in [3.8, 4) is 0 Å². The van der Waals surface area contributed by atoms with Gasteiger partial charge in [0.2, 0.25) is 0 Å². The molecular formula is C17H30O3. The molecule has 2 aliphatic carbocycles. The molecule has 116 valence electrons. The number of aliphatic hydroxyl groups is 1. The third kappa shape index (κ3) is 3.62. The number of fused-ring (bicyclic) bond motifs is 1. The zero-order valence-electron chi connectivity index (χ0n) is 13.4. The largest absolute Gasteiger partial charge is 0.390 e. The Balaban J connectivity index is 1.90. The third-order valence-corrected chi connectivity index (χ3v) is 5.38. The molecule has 2 aliphatic rings. The Kier molecular flexibility index (Phi) is 4.91. The van der Waals surface area contributed by atoms with Gasteiger partial charge < -0.3 is 9.84 Å². The lowest BCUT2D eigenvalue weighted by Gasteiger charge is -2.36. The predicted octanol–water partition coefficient (Wildman–Crippen LogP) is 3.19. The molecule has 0 aromatic rings. The van der Waals surface area contributed by atoms with Gasteiger partial charge in [-0.05, 0) is 64.2 Å². The molecule has 2 rings (SSSR count). The molecule has 0 aromatic heterocycles. The van der Waals surface area contributed by atoms with E-state index in [0.29, 0.717) is 42.5 Å². The Bertz CT molecular complexity index is 345. The zero-order chi connectivity index (χ0) is 14.9. The molecule has 0 bridgehead atoms. The average Bonchev–Trinajstić information content (AvgIpc) is 2.78. The molecule has 5 atom stereocenters. The van der Waals surface area contributed by atoms with Gasteiger partial charge in [-0.15, -0.1) is 0 Å². The highest BCUT2D eigenvalue weighted by atomic mass is 16.5. The quantitative estimate of drug-likeness (QED) is 0.842. The molecular weight excluding hydrogens is 252 g/mol. The SMILES string of the molecule is C[C@H]1CCC(=O)C2CCC([C@@H](C)OCCC(C)(C)O)C21. The van der Waals surface area contributed by atoms with Crippen molar-refractivity contribution in [3.63, 3.8) is 0 Å². The fraction of sp³-hybridized carbons (Fsp3) is 0.941. The van der Waals surface area contributed by atoms with Gasteiger partial charge in [0.25, 0.3) is 0 Å². The molecule has 0 spiro atoms. The maximum atomic E-state index is 12.1. The molecule has 2 fully saturated rings. The molecule has 0 radical (unpaired) electrons. The number of rotatable bonds is 5. The van der Waals surface area contributed by atoms with Crippen LogP contribution in [-0.2, 0) is 9.53 Å². The molecule has 3 unspecified atom stereocenters. The first-order chi connectivity index (χ1) is 9.29. The Labute approximate surface area is 123 Å². The smallest absolute Gasteiger partial charge is 0.136 e. The van der Waals surface area contributed by atoms with E-state index in [4.69, 9.17) is 4.74 Å². The second-order valence-corrected chi connectivity index (χ2v) is 7.55. The number of hydrogen-bond acceptors (Lipinski definition) is 3. The summed E-state index contributed by atoms with van der Waals surface area (Å²) in [4.78, 5) is 12.1. The van der Waals surface area contributed by atoms with Crippen LogP contribution in [0.3, 0.4) is 0 Å². The minimum absolute atomic E-state index is 0.195. The first-order valence-corrected chi connectivity index (χ1v) is 8.16. The van der Waals surface area contributed by atoms with E-state index in [0.717, 1.165) is 25.7 Å².